The number of amides is 2. The Kier molecular flexibility index (Phi) is 7.43. The summed E-state index contributed by atoms with van der Waals surface area (Å²) in [5.74, 6) is -0.299. The van der Waals surface area contributed by atoms with Crippen LogP contribution in [-0.2, 0) is 11.2 Å². The monoisotopic (exact) mass is 478 g/mol. The van der Waals surface area contributed by atoms with Gasteiger partial charge in [0.05, 0.1) is 6.04 Å². The van der Waals surface area contributed by atoms with Crippen LogP contribution in [0.5, 0.6) is 5.75 Å². The number of carbonyl (C=O) groups excluding carboxylic acids is 2. The SMILES string of the molecule is C=CCN(CC(=O)N1CCc2sccc2C1COc1ccccc1C)C(=O)c1cccc(F)c1. The van der Waals surface area contributed by atoms with Gasteiger partial charge in [0, 0.05) is 23.5 Å². The van der Waals surface area contributed by atoms with Crippen LogP contribution in [0, 0.1) is 12.7 Å². The highest BCUT2D eigenvalue weighted by molar-refractivity contribution is 7.10. The van der Waals surface area contributed by atoms with Gasteiger partial charge in [-0.3, -0.25) is 9.59 Å². The minimum Gasteiger partial charge on any atom is -0.491 e. The molecule has 7 heteroatoms. The minimum absolute atomic E-state index is 0.123. The maximum Gasteiger partial charge on any atom is 0.254 e. The van der Waals surface area contributed by atoms with Gasteiger partial charge < -0.3 is 14.5 Å². The molecule has 34 heavy (non-hydrogen) atoms. The molecule has 1 aliphatic rings. The molecule has 0 fully saturated rings. The molecule has 0 N–H and O–H groups in total. The van der Waals surface area contributed by atoms with Crippen LogP contribution in [0.3, 0.4) is 0 Å². The number of nitrogens with zero attached hydrogens (tertiary/aromatic N) is 2. The summed E-state index contributed by atoms with van der Waals surface area (Å²) in [4.78, 5) is 30.9. The van der Waals surface area contributed by atoms with Gasteiger partial charge in [0.1, 0.15) is 24.7 Å². The molecule has 0 radical (unpaired) electrons. The fourth-order valence-electron chi connectivity index (χ4n) is 4.19. The molecule has 1 aromatic heterocycles. The van der Waals surface area contributed by atoms with E-state index in [1.54, 1.807) is 28.4 Å². The predicted molar refractivity (Wildman–Crippen MR) is 132 cm³/mol. The van der Waals surface area contributed by atoms with Crippen LogP contribution in [0.2, 0.25) is 0 Å². The molecule has 0 saturated carbocycles. The molecule has 1 unspecified atom stereocenters. The molecule has 0 aliphatic carbocycles. The van der Waals surface area contributed by atoms with Crippen molar-refractivity contribution in [2.24, 2.45) is 0 Å². The summed E-state index contributed by atoms with van der Waals surface area (Å²) in [5, 5.41) is 2.04. The zero-order valence-corrected chi connectivity index (χ0v) is 19.9. The van der Waals surface area contributed by atoms with Gasteiger partial charge in [-0.05, 0) is 60.2 Å². The summed E-state index contributed by atoms with van der Waals surface area (Å²) in [5.41, 5.74) is 2.32. The Morgan fingerprint density at radius 3 is 2.82 bits per heavy atom. The molecular formula is C27H27FN2O3S. The second kappa shape index (κ2) is 10.7. The van der Waals surface area contributed by atoms with Gasteiger partial charge in [0.25, 0.3) is 5.91 Å². The number of fused-ring (bicyclic) bond motifs is 1. The lowest BCUT2D eigenvalue weighted by molar-refractivity contribution is -0.135. The number of thiophene rings is 1. The van der Waals surface area contributed by atoms with E-state index in [1.807, 2.05) is 42.6 Å². The first-order chi connectivity index (χ1) is 16.5. The van der Waals surface area contributed by atoms with E-state index < -0.39 is 11.7 Å². The molecule has 2 heterocycles. The van der Waals surface area contributed by atoms with Crippen LogP contribution in [-0.4, -0.2) is 47.9 Å². The lowest BCUT2D eigenvalue weighted by Crippen LogP contribution is -2.47. The number of rotatable bonds is 8. The molecule has 4 rings (SSSR count). The third kappa shape index (κ3) is 5.20. The molecule has 0 spiro atoms. The van der Waals surface area contributed by atoms with Crippen molar-refractivity contribution in [3.63, 3.8) is 0 Å². The first-order valence-corrected chi connectivity index (χ1v) is 12.1. The Labute approximate surface area is 203 Å². The van der Waals surface area contributed by atoms with Crippen LogP contribution in [0.4, 0.5) is 4.39 Å². The van der Waals surface area contributed by atoms with Crippen LogP contribution < -0.4 is 4.74 Å². The van der Waals surface area contributed by atoms with E-state index >= 15 is 0 Å². The summed E-state index contributed by atoms with van der Waals surface area (Å²) in [6.07, 6.45) is 2.33. The maximum absolute atomic E-state index is 13.7. The quantitative estimate of drug-likeness (QED) is 0.427. The van der Waals surface area contributed by atoms with Crippen molar-refractivity contribution in [2.75, 3.05) is 26.2 Å². The maximum atomic E-state index is 13.7. The zero-order valence-electron chi connectivity index (χ0n) is 19.1. The highest BCUT2D eigenvalue weighted by Gasteiger charge is 2.33. The number of carbonyl (C=O) groups is 2. The lowest BCUT2D eigenvalue weighted by atomic mass is 10.00. The summed E-state index contributed by atoms with van der Waals surface area (Å²) < 4.78 is 19.8. The normalized spacial score (nSPS) is 14.9. The number of ether oxygens (including phenoxy) is 1. The minimum atomic E-state index is -0.495. The van der Waals surface area contributed by atoms with E-state index in [0.29, 0.717) is 13.2 Å². The molecule has 176 valence electrons. The van der Waals surface area contributed by atoms with E-state index in [1.165, 1.54) is 28.0 Å². The largest absolute Gasteiger partial charge is 0.491 e. The predicted octanol–water partition coefficient (Wildman–Crippen LogP) is 5.03. The van der Waals surface area contributed by atoms with Gasteiger partial charge >= 0.3 is 0 Å². The molecular weight excluding hydrogens is 451 g/mol. The summed E-state index contributed by atoms with van der Waals surface area (Å²) in [6.45, 7) is 6.62. The third-order valence-electron chi connectivity index (χ3n) is 5.94. The highest BCUT2D eigenvalue weighted by Crippen LogP contribution is 2.34. The van der Waals surface area contributed by atoms with Crippen molar-refractivity contribution in [1.29, 1.82) is 0 Å². The van der Waals surface area contributed by atoms with E-state index in [9.17, 15) is 14.0 Å². The van der Waals surface area contributed by atoms with Crippen LogP contribution >= 0.6 is 11.3 Å². The van der Waals surface area contributed by atoms with Gasteiger partial charge in [-0.15, -0.1) is 17.9 Å². The van der Waals surface area contributed by atoms with E-state index in [4.69, 9.17) is 4.74 Å². The number of benzene rings is 2. The van der Waals surface area contributed by atoms with Crippen LogP contribution in [0.1, 0.15) is 32.4 Å². The second-order valence-corrected chi connectivity index (χ2v) is 9.21. The van der Waals surface area contributed by atoms with Crippen molar-refractivity contribution in [3.05, 3.63) is 100 Å². The first-order valence-electron chi connectivity index (χ1n) is 11.2. The molecule has 3 aromatic rings. The van der Waals surface area contributed by atoms with Gasteiger partial charge in [-0.2, -0.15) is 0 Å². The van der Waals surface area contributed by atoms with Crippen molar-refractivity contribution in [1.82, 2.24) is 9.80 Å². The van der Waals surface area contributed by atoms with Gasteiger partial charge in [0.2, 0.25) is 5.91 Å². The Morgan fingerprint density at radius 1 is 1.24 bits per heavy atom. The van der Waals surface area contributed by atoms with Gasteiger partial charge in [-0.25, -0.2) is 4.39 Å². The van der Waals surface area contributed by atoms with Crippen molar-refractivity contribution >= 4 is 23.2 Å². The Bertz CT molecular complexity index is 1190. The summed E-state index contributed by atoms with van der Waals surface area (Å²) in [6, 6.07) is 15.1. The fourth-order valence-corrected chi connectivity index (χ4v) is 5.12. The number of halogens is 1. The highest BCUT2D eigenvalue weighted by atomic mass is 32.1. The molecule has 0 bridgehead atoms. The first kappa shape index (κ1) is 23.7. The third-order valence-corrected chi connectivity index (χ3v) is 6.94. The zero-order chi connectivity index (χ0) is 24.1. The number of aryl methyl sites for hydroxylation is 1. The number of hydrogen-bond acceptors (Lipinski definition) is 4. The molecule has 1 atom stereocenters. The average molecular weight is 479 g/mol. The smallest absolute Gasteiger partial charge is 0.254 e. The van der Waals surface area contributed by atoms with Crippen molar-refractivity contribution in [3.8, 4) is 5.75 Å². The Hall–Kier alpha value is -3.45. The molecule has 5 nitrogen and oxygen atoms in total. The number of hydrogen-bond donors (Lipinski definition) is 0. The van der Waals surface area contributed by atoms with Crippen LogP contribution in [0.25, 0.3) is 0 Å². The van der Waals surface area contributed by atoms with Crippen molar-refractivity contribution in [2.45, 2.75) is 19.4 Å². The molecule has 2 aromatic carbocycles. The molecule has 1 aliphatic heterocycles. The van der Waals surface area contributed by atoms with E-state index in [0.717, 1.165) is 23.3 Å². The molecule has 2 amide bonds. The summed E-state index contributed by atoms with van der Waals surface area (Å²) in [7, 11) is 0. The average Bonchev–Trinajstić information content (AvgIpc) is 3.32. The van der Waals surface area contributed by atoms with E-state index in [2.05, 4.69) is 6.58 Å². The van der Waals surface area contributed by atoms with Crippen molar-refractivity contribution < 1.29 is 18.7 Å². The fraction of sp³-hybridized carbons (Fsp3) is 0.259. The topological polar surface area (TPSA) is 49.9 Å². The van der Waals surface area contributed by atoms with Gasteiger partial charge in [0.15, 0.2) is 0 Å². The second-order valence-electron chi connectivity index (χ2n) is 8.21. The van der Waals surface area contributed by atoms with Gasteiger partial charge in [-0.1, -0.05) is 30.3 Å². The standard InChI is InChI=1S/C27H27FN2O3S/c1-3-13-29(27(32)20-8-6-9-21(28)16-20)17-26(31)30-14-11-25-22(12-15-34-25)23(30)18-33-24-10-5-4-7-19(24)2/h3-10,12,15-16,23H,1,11,13-14,17-18H2,2H3. The molecule has 0 saturated heterocycles. The Balaban J connectivity index is 1.53. The summed E-state index contributed by atoms with van der Waals surface area (Å²) >= 11 is 1.69. The van der Waals surface area contributed by atoms with E-state index in [-0.39, 0.29) is 30.6 Å². The number of para-hydroxylation sites is 1. The lowest BCUT2D eigenvalue weighted by Gasteiger charge is -2.37. The Morgan fingerprint density at radius 2 is 2.06 bits per heavy atom. The van der Waals surface area contributed by atoms with Crippen LogP contribution in [0.15, 0.2) is 72.6 Å².